The van der Waals surface area contributed by atoms with Crippen LogP contribution >= 0.6 is 0 Å². The lowest BCUT2D eigenvalue weighted by Gasteiger charge is -2.33. The third-order valence-electron chi connectivity index (χ3n) is 4.94. The van der Waals surface area contributed by atoms with E-state index in [4.69, 9.17) is 4.74 Å². The third kappa shape index (κ3) is 5.92. The molecule has 9 heteroatoms. The van der Waals surface area contributed by atoms with Crippen molar-refractivity contribution in [1.82, 2.24) is 14.5 Å². The molecule has 2 aliphatic rings. The zero-order valence-corrected chi connectivity index (χ0v) is 16.8. The zero-order chi connectivity index (χ0) is 19.3. The average Bonchev–Trinajstić information content (AvgIpc) is 2.60. The number of hydrogen-bond donors (Lipinski definition) is 1. The lowest BCUT2D eigenvalue weighted by molar-refractivity contribution is -0.141. The fourth-order valence-corrected chi connectivity index (χ4v) is 4.31. The van der Waals surface area contributed by atoms with E-state index in [1.54, 1.807) is 4.90 Å². The minimum absolute atomic E-state index is 0.0519. The second-order valence-corrected chi connectivity index (χ2v) is 9.55. The van der Waals surface area contributed by atoms with Gasteiger partial charge in [0.1, 0.15) is 6.04 Å². The van der Waals surface area contributed by atoms with Crippen LogP contribution in [0.4, 0.5) is 0 Å². The van der Waals surface area contributed by atoms with Crippen molar-refractivity contribution >= 4 is 21.8 Å². The largest absolute Gasteiger partial charge is 0.378 e. The van der Waals surface area contributed by atoms with Gasteiger partial charge in [-0.1, -0.05) is 13.8 Å². The monoisotopic (exact) mass is 389 g/mol. The highest BCUT2D eigenvalue weighted by Gasteiger charge is 2.33. The van der Waals surface area contributed by atoms with Crippen molar-refractivity contribution < 1.29 is 22.7 Å². The first kappa shape index (κ1) is 21.1. The highest BCUT2D eigenvalue weighted by Crippen LogP contribution is 2.20. The summed E-state index contributed by atoms with van der Waals surface area (Å²) in [6.45, 7) is 6.90. The molecule has 8 nitrogen and oxygen atoms in total. The number of morpholine rings is 1. The molecular formula is C17H31N3O5S. The van der Waals surface area contributed by atoms with Crippen LogP contribution in [0.2, 0.25) is 0 Å². The van der Waals surface area contributed by atoms with Crippen LogP contribution in [0, 0.1) is 11.8 Å². The summed E-state index contributed by atoms with van der Waals surface area (Å²) < 4.78 is 29.9. The molecule has 1 N–H and O–H groups in total. The Morgan fingerprint density at radius 3 is 2.19 bits per heavy atom. The number of piperidine rings is 1. The van der Waals surface area contributed by atoms with Gasteiger partial charge in [-0.15, -0.1) is 0 Å². The van der Waals surface area contributed by atoms with E-state index < -0.39 is 16.1 Å². The van der Waals surface area contributed by atoms with E-state index in [1.165, 1.54) is 10.6 Å². The second-order valence-electron chi connectivity index (χ2n) is 7.56. The summed E-state index contributed by atoms with van der Waals surface area (Å²) in [5.41, 5.74) is 0. The van der Waals surface area contributed by atoms with Crippen molar-refractivity contribution in [3.8, 4) is 0 Å². The second kappa shape index (κ2) is 9.14. The molecule has 2 heterocycles. The number of nitrogens with one attached hydrogen (secondary N) is 1. The molecular weight excluding hydrogens is 358 g/mol. The first-order chi connectivity index (χ1) is 12.2. The number of carbonyl (C=O) groups is 2. The summed E-state index contributed by atoms with van der Waals surface area (Å²) in [7, 11) is -3.21. The number of amides is 2. The molecule has 26 heavy (non-hydrogen) atoms. The van der Waals surface area contributed by atoms with E-state index in [-0.39, 0.29) is 23.7 Å². The third-order valence-corrected chi connectivity index (χ3v) is 6.24. The first-order valence-corrected chi connectivity index (χ1v) is 11.2. The minimum Gasteiger partial charge on any atom is -0.378 e. The summed E-state index contributed by atoms with van der Waals surface area (Å²) in [5.74, 6) is -0.174. The van der Waals surface area contributed by atoms with Crippen molar-refractivity contribution in [3.63, 3.8) is 0 Å². The van der Waals surface area contributed by atoms with Gasteiger partial charge in [0, 0.05) is 32.1 Å². The van der Waals surface area contributed by atoms with Gasteiger partial charge >= 0.3 is 0 Å². The Hall–Kier alpha value is -1.19. The highest BCUT2D eigenvalue weighted by atomic mass is 32.2. The zero-order valence-electron chi connectivity index (χ0n) is 15.9. The molecule has 0 bridgehead atoms. The van der Waals surface area contributed by atoms with E-state index in [9.17, 15) is 18.0 Å². The smallest absolute Gasteiger partial charge is 0.245 e. The van der Waals surface area contributed by atoms with Gasteiger partial charge in [0.15, 0.2) is 0 Å². The number of ether oxygens (including phenoxy) is 1. The van der Waals surface area contributed by atoms with Crippen LogP contribution < -0.4 is 5.32 Å². The Morgan fingerprint density at radius 2 is 1.69 bits per heavy atom. The van der Waals surface area contributed by atoms with Gasteiger partial charge in [0.05, 0.1) is 19.5 Å². The molecule has 0 saturated carbocycles. The molecule has 0 aromatic rings. The van der Waals surface area contributed by atoms with Crippen molar-refractivity contribution in [2.24, 2.45) is 11.8 Å². The standard InChI is InChI=1S/C17H31N3O5S/c1-13(2)12-15(17(22)19-8-10-25-11-9-19)18-16(21)14-4-6-20(7-5-14)26(3,23)24/h13-15H,4-12H2,1-3H3,(H,18,21)/t15-/m0/s1. The Bertz CT molecular complexity index is 594. The minimum atomic E-state index is -3.21. The molecule has 2 aliphatic heterocycles. The van der Waals surface area contributed by atoms with Gasteiger partial charge in [-0.2, -0.15) is 0 Å². The topological polar surface area (TPSA) is 96.0 Å². The fourth-order valence-electron chi connectivity index (χ4n) is 3.44. The van der Waals surface area contributed by atoms with Crippen LogP contribution in [0.5, 0.6) is 0 Å². The van der Waals surface area contributed by atoms with Gasteiger partial charge in [-0.05, 0) is 25.2 Å². The van der Waals surface area contributed by atoms with Gasteiger partial charge < -0.3 is 15.0 Å². The van der Waals surface area contributed by atoms with Gasteiger partial charge in [-0.3, -0.25) is 9.59 Å². The van der Waals surface area contributed by atoms with Crippen LogP contribution in [0.25, 0.3) is 0 Å². The number of carbonyl (C=O) groups excluding carboxylic acids is 2. The number of rotatable bonds is 6. The summed E-state index contributed by atoms with van der Waals surface area (Å²) >= 11 is 0. The molecule has 1 atom stereocenters. The lowest BCUT2D eigenvalue weighted by Crippen LogP contribution is -2.54. The van der Waals surface area contributed by atoms with E-state index in [2.05, 4.69) is 5.32 Å². The number of nitrogens with zero attached hydrogens (tertiary/aromatic N) is 2. The number of hydrogen-bond acceptors (Lipinski definition) is 5. The quantitative estimate of drug-likeness (QED) is 0.692. The summed E-state index contributed by atoms with van der Waals surface area (Å²) in [4.78, 5) is 27.2. The van der Waals surface area contributed by atoms with Crippen LogP contribution in [-0.4, -0.2) is 81.1 Å². The predicted molar refractivity (Wildman–Crippen MR) is 97.9 cm³/mol. The summed E-state index contributed by atoms with van der Waals surface area (Å²) in [6.07, 6.45) is 2.75. The maximum absolute atomic E-state index is 12.8. The molecule has 0 spiro atoms. The molecule has 2 amide bonds. The van der Waals surface area contributed by atoms with Crippen molar-refractivity contribution in [3.05, 3.63) is 0 Å². The van der Waals surface area contributed by atoms with E-state index in [0.29, 0.717) is 58.7 Å². The Morgan fingerprint density at radius 1 is 1.12 bits per heavy atom. The van der Waals surface area contributed by atoms with Gasteiger partial charge in [-0.25, -0.2) is 12.7 Å². The van der Waals surface area contributed by atoms with Crippen LogP contribution in [0.1, 0.15) is 33.1 Å². The molecule has 2 fully saturated rings. The Balaban J connectivity index is 1.95. The van der Waals surface area contributed by atoms with Crippen molar-refractivity contribution in [2.75, 3.05) is 45.6 Å². The van der Waals surface area contributed by atoms with Gasteiger partial charge in [0.25, 0.3) is 0 Å². The highest BCUT2D eigenvalue weighted by molar-refractivity contribution is 7.88. The maximum atomic E-state index is 12.8. The molecule has 2 saturated heterocycles. The Kier molecular flexibility index (Phi) is 7.42. The number of sulfonamides is 1. The van der Waals surface area contributed by atoms with Crippen LogP contribution in [-0.2, 0) is 24.3 Å². The molecule has 0 aromatic carbocycles. The summed E-state index contributed by atoms with van der Waals surface area (Å²) in [6, 6.07) is -0.534. The van der Waals surface area contributed by atoms with E-state index in [0.717, 1.165) is 0 Å². The SMILES string of the molecule is CC(C)C[C@H](NC(=O)C1CCN(S(C)(=O)=O)CC1)C(=O)N1CCOCC1. The average molecular weight is 390 g/mol. The molecule has 0 radical (unpaired) electrons. The first-order valence-electron chi connectivity index (χ1n) is 9.30. The van der Waals surface area contributed by atoms with E-state index >= 15 is 0 Å². The lowest BCUT2D eigenvalue weighted by atomic mass is 9.95. The van der Waals surface area contributed by atoms with Crippen LogP contribution in [0.3, 0.4) is 0 Å². The maximum Gasteiger partial charge on any atom is 0.245 e. The van der Waals surface area contributed by atoms with Crippen molar-refractivity contribution in [2.45, 2.75) is 39.2 Å². The molecule has 2 rings (SSSR count). The van der Waals surface area contributed by atoms with Crippen molar-refractivity contribution in [1.29, 1.82) is 0 Å². The van der Waals surface area contributed by atoms with Gasteiger partial charge in [0.2, 0.25) is 21.8 Å². The predicted octanol–water partition coefficient (Wildman–Crippen LogP) is 0.0477. The van der Waals surface area contributed by atoms with Crippen LogP contribution in [0.15, 0.2) is 0 Å². The molecule has 150 valence electrons. The normalized spacial score (nSPS) is 21.6. The summed E-state index contributed by atoms with van der Waals surface area (Å²) in [5, 5.41) is 2.93. The molecule has 0 aliphatic carbocycles. The fraction of sp³-hybridized carbons (Fsp3) is 0.882. The van der Waals surface area contributed by atoms with E-state index in [1.807, 2.05) is 13.8 Å². The molecule has 0 unspecified atom stereocenters. The molecule has 0 aromatic heterocycles. The Labute approximate surface area is 156 Å².